The van der Waals surface area contributed by atoms with Gasteiger partial charge in [0.15, 0.2) is 0 Å². The van der Waals surface area contributed by atoms with E-state index in [2.05, 4.69) is 10.4 Å². The van der Waals surface area contributed by atoms with Crippen molar-refractivity contribution < 1.29 is 27.9 Å². The summed E-state index contributed by atoms with van der Waals surface area (Å²) in [5.74, 6) is -2.68. The molecule has 0 radical (unpaired) electrons. The molecule has 0 bridgehead atoms. The Bertz CT molecular complexity index is 495. The number of hydrogen-bond acceptors (Lipinski definition) is 4. The quantitative estimate of drug-likeness (QED) is 0.768. The molecule has 1 amide bonds. The van der Waals surface area contributed by atoms with Gasteiger partial charge < -0.3 is 15.3 Å². The largest absolute Gasteiger partial charge is 0.490 e. The van der Waals surface area contributed by atoms with Gasteiger partial charge in [0.05, 0.1) is 0 Å². The fraction of sp³-hybridized carbons (Fsp3) is 0.545. The highest BCUT2D eigenvalue weighted by Gasteiger charge is 2.38. The number of carbonyl (C=O) groups is 2. The Kier molecular flexibility index (Phi) is 5.70. The highest BCUT2D eigenvalue weighted by Crippen LogP contribution is 2.13. The van der Waals surface area contributed by atoms with Gasteiger partial charge in [-0.1, -0.05) is 0 Å². The summed E-state index contributed by atoms with van der Waals surface area (Å²) >= 11 is 0. The molecule has 0 aromatic carbocycles. The van der Waals surface area contributed by atoms with Crippen molar-refractivity contribution in [1.29, 1.82) is 0 Å². The molecule has 0 saturated carbocycles. The van der Waals surface area contributed by atoms with Crippen LogP contribution in [-0.2, 0) is 11.8 Å². The van der Waals surface area contributed by atoms with Crippen molar-refractivity contribution in [3.05, 3.63) is 18.0 Å². The summed E-state index contributed by atoms with van der Waals surface area (Å²) < 4.78 is 33.4. The van der Waals surface area contributed by atoms with Crippen molar-refractivity contribution in [2.45, 2.75) is 6.18 Å². The molecule has 118 valence electrons. The van der Waals surface area contributed by atoms with Crippen molar-refractivity contribution >= 4 is 11.9 Å². The molecular formula is C11H15F3N4O3. The minimum Gasteiger partial charge on any atom is -0.475 e. The summed E-state index contributed by atoms with van der Waals surface area (Å²) in [4.78, 5) is 22.7. The van der Waals surface area contributed by atoms with Crippen molar-refractivity contribution in [3.63, 3.8) is 0 Å². The molecule has 2 rings (SSSR count). The second-order valence-corrected chi connectivity index (χ2v) is 4.19. The molecule has 1 aliphatic rings. The smallest absolute Gasteiger partial charge is 0.475 e. The first-order chi connectivity index (χ1) is 9.73. The monoisotopic (exact) mass is 308 g/mol. The second-order valence-electron chi connectivity index (χ2n) is 4.19. The molecule has 0 unspecified atom stereocenters. The van der Waals surface area contributed by atoms with Gasteiger partial charge in [0.1, 0.15) is 5.69 Å². The van der Waals surface area contributed by atoms with E-state index in [-0.39, 0.29) is 5.91 Å². The van der Waals surface area contributed by atoms with Gasteiger partial charge in [-0.2, -0.15) is 18.3 Å². The van der Waals surface area contributed by atoms with Crippen LogP contribution in [0.5, 0.6) is 0 Å². The third kappa shape index (κ3) is 5.06. The van der Waals surface area contributed by atoms with E-state index in [1.807, 2.05) is 4.90 Å². The van der Waals surface area contributed by atoms with Gasteiger partial charge in [-0.25, -0.2) is 4.79 Å². The number of aliphatic carboxylic acids is 1. The number of carboxylic acid groups (broad SMARTS) is 1. The standard InChI is InChI=1S/C9H14N4O.C2HF3O2/c1-12-8(2-3-11-12)9(14)13-6-4-10-5-7-13;3-2(4,5)1(6)7/h2-3,10H,4-7H2,1H3;(H,6,7). The molecule has 0 aliphatic carbocycles. The predicted octanol–water partition coefficient (Wildman–Crippen LogP) is 0.0988. The summed E-state index contributed by atoms with van der Waals surface area (Å²) in [7, 11) is 1.79. The van der Waals surface area contributed by atoms with Crippen LogP contribution >= 0.6 is 0 Å². The number of halogens is 3. The van der Waals surface area contributed by atoms with E-state index in [1.54, 1.807) is 24.0 Å². The highest BCUT2D eigenvalue weighted by molar-refractivity contribution is 5.92. The second kappa shape index (κ2) is 7.07. The Hall–Kier alpha value is -2.10. The minimum absolute atomic E-state index is 0.0755. The number of amides is 1. The van der Waals surface area contributed by atoms with Crippen LogP contribution in [0.2, 0.25) is 0 Å². The van der Waals surface area contributed by atoms with E-state index in [0.717, 1.165) is 26.2 Å². The number of piperazine rings is 1. The van der Waals surface area contributed by atoms with Crippen LogP contribution in [0.4, 0.5) is 13.2 Å². The number of rotatable bonds is 1. The zero-order valence-electron chi connectivity index (χ0n) is 11.2. The van der Waals surface area contributed by atoms with Crippen LogP contribution in [0, 0.1) is 0 Å². The average Bonchev–Trinajstić information content (AvgIpc) is 2.85. The molecule has 0 atom stereocenters. The van der Waals surface area contributed by atoms with Gasteiger partial charge in [0.2, 0.25) is 0 Å². The van der Waals surface area contributed by atoms with Gasteiger partial charge in [-0.3, -0.25) is 9.48 Å². The minimum atomic E-state index is -5.08. The molecule has 1 saturated heterocycles. The molecule has 2 heterocycles. The Morgan fingerprint density at radius 1 is 1.33 bits per heavy atom. The van der Waals surface area contributed by atoms with Gasteiger partial charge in [0.25, 0.3) is 5.91 Å². The van der Waals surface area contributed by atoms with Gasteiger partial charge >= 0.3 is 12.1 Å². The molecule has 21 heavy (non-hydrogen) atoms. The van der Waals surface area contributed by atoms with E-state index >= 15 is 0 Å². The number of hydrogen-bond donors (Lipinski definition) is 2. The molecule has 1 fully saturated rings. The number of aromatic nitrogens is 2. The molecule has 2 N–H and O–H groups in total. The molecule has 7 nitrogen and oxygen atoms in total. The Labute approximate surface area is 118 Å². The number of aryl methyl sites for hydroxylation is 1. The zero-order valence-corrected chi connectivity index (χ0v) is 11.2. The first-order valence-corrected chi connectivity index (χ1v) is 6.01. The number of alkyl halides is 3. The number of carbonyl (C=O) groups excluding carboxylic acids is 1. The lowest BCUT2D eigenvalue weighted by atomic mass is 10.3. The van der Waals surface area contributed by atoms with Crippen LogP contribution < -0.4 is 5.32 Å². The number of carboxylic acids is 1. The maximum atomic E-state index is 11.9. The zero-order chi connectivity index (χ0) is 16.0. The molecule has 1 aromatic rings. The molecule has 1 aliphatic heterocycles. The summed E-state index contributed by atoms with van der Waals surface area (Å²) in [6.45, 7) is 3.32. The first-order valence-electron chi connectivity index (χ1n) is 6.01. The van der Waals surface area contributed by atoms with E-state index in [1.165, 1.54) is 0 Å². The molecule has 1 aromatic heterocycles. The average molecular weight is 308 g/mol. The summed E-state index contributed by atoms with van der Waals surface area (Å²) in [5, 5.41) is 14.3. The van der Waals surface area contributed by atoms with Gasteiger partial charge in [-0.05, 0) is 6.07 Å². The van der Waals surface area contributed by atoms with Gasteiger partial charge in [0, 0.05) is 39.4 Å². The molecule has 10 heteroatoms. The summed E-state index contributed by atoms with van der Waals surface area (Å²) in [6, 6.07) is 1.75. The van der Waals surface area contributed by atoms with E-state index in [9.17, 15) is 18.0 Å². The topological polar surface area (TPSA) is 87.5 Å². The first kappa shape index (κ1) is 17.0. The van der Waals surface area contributed by atoms with Crippen LogP contribution in [0.1, 0.15) is 10.5 Å². The maximum Gasteiger partial charge on any atom is 0.490 e. The highest BCUT2D eigenvalue weighted by atomic mass is 19.4. The maximum absolute atomic E-state index is 11.9. The fourth-order valence-electron chi connectivity index (χ4n) is 1.61. The number of nitrogens with zero attached hydrogens (tertiary/aromatic N) is 3. The molecular weight excluding hydrogens is 293 g/mol. The van der Waals surface area contributed by atoms with Crippen molar-refractivity contribution in [2.24, 2.45) is 7.05 Å². The normalized spacial score (nSPS) is 15.1. The Morgan fingerprint density at radius 2 is 1.86 bits per heavy atom. The van der Waals surface area contributed by atoms with Crippen LogP contribution in [0.15, 0.2) is 12.3 Å². The lowest BCUT2D eigenvalue weighted by Crippen LogP contribution is -2.46. The van der Waals surface area contributed by atoms with Crippen LogP contribution in [-0.4, -0.2) is 64.0 Å². The van der Waals surface area contributed by atoms with Crippen molar-refractivity contribution in [3.8, 4) is 0 Å². The number of nitrogens with one attached hydrogen (secondary N) is 1. The third-order valence-corrected chi connectivity index (χ3v) is 2.69. The lowest BCUT2D eigenvalue weighted by Gasteiger charge is -2.27. The summed E-state index contributed by atoms with van der Waals surface area (Å²) in [6.07, 6.45) is -3.44. The summed E-state index contributed by atoms with van der Waals surface area (Å²) in [5.41, 5.74) is 0.659. The predicted molar refractivity (Wildman–Crippen MR) is 65.7 cm³/mol. The van der Waals surface area contributed by atoms with E-state index < -0.39 is 12.1 Å². The lowest BCUT2D eigenvalue weighted by molar-refractivity contribution is -0.192. The van der Waals surface area contributed by atoms with Crippen molar-refractivity contribution in [2.75, 3.05) is 26.2 Å². The van der Waals surface area contributed by atoms with Crippen LogP contribution in [0.25, 0.3) is 0 Å². The van der Waals surface area contributed by atoms with Crippen LogP contribution in [0.3, 0.4) is 0 Å². The fourth-order valence-corrected chi connectivity index (χ4v) is 1.61. The third-order valence-electron chi connectivity index (χ3n) is 2.69. The van der Waals surface area contributed by atoms with Gasteiger partial charge in [-0.15, -0.1) is 0 Å². The molecule has 0 spiro atoms. The van der Waals surface area contributed by atoms with Crippen molar-refractivity contribution in [1.82, 2.24) is 20.0 Å². The Balaban J connectivity index is 0.000000270. The SMILES string of the molecule is Cn1nccc1C(=O)N1CCNCC1.O=C(O)C(F)(F)F. The van der Waals surface area contributed by atoms with E-state index in [0.29, 0.717) is 5.69 Å². The Morgan fingerprint density at radius 3 is 2.24 bits per heavy atom. The van der Waals surface area contributed by atoms with E-state index in [4.69, 9.17) is 9.90 Å².